The number of carbonyl (C=O) groups excluding carboxylic acids is 3. The maximum absolute atomic E-state index is 12.9. The molecule has 5 atom stereocenters. The molecule has 0 spiro atoms. The molecule has 0 aromatic carbocycles. The number of phosphoric acid groups is 2. The zero-order valence-corrected chi connectivity index (χ0v) is 54.4. The molecule has 5 unspecified atom stereocenters. The highest BCUT2D eigenvalue weighted by molar-refractivity contribution is 7.47. The molecule has 0 aliphatic carbocycles. The summed E-state index contributed by atoms with van der Waals surface area (Å²) in [6.07, 6.45) is 56.2. The molecule has 0 saturated heterocycles. The van der Waals surface area contributed by atoms with E-state index in [2.05, 4.69) is 57.2 Å². The molecule has 16 nitrogen and oxygen atoms in total. The summed E-state index contributed by atoms with van der Waals surface area (Å²) in [6, 6.07) is 0. The van der Waals surface area contributed by atoms with Gasteiger partial charge in [-0.15, -0.1) is 0 Å². The van der Waals surface area contributed by atoms with Gasteiger partial charge in [0, 0.05) is 19.3 Å². The Morgan fingerprint density at radius 3 is 0.976 bits per heavy atom. The van der Waals surface area contributed by atoms with Crippen LogP contribution in [0.2, 0.25) is 0 Å². The van der Waals surface area contributed by atoms with Gasteiger partial charge >= 0.3 is 33.6 Å². The minimum absolute atomic E-state index is 0.113. The fourth-order valence-electron chi connectivity index (χ4n) is 9.23. The molecule has 83 heavy (non-hydrogen) atoms. The Morgan fingerprint density at radius 2 is 0.602 bits per heavy atom. The number of aliphatic hydroxyl groups excluding tert-OH is 2. The predicted octanol–water partition coefficient (Wildman–Crippen LogP) is 17.9. The number of carbonyl (C=O) groups is 3. The number of esters is 3. The number of aliphatic hydroxyl groups is 2. The minimum atomic E-state index is -4.91. The molecule has 0 aromatic rings. The van der Waals surface area contributed by atoms with E-state index >= 15 is 0 Å². The van der Waals surface area contributed by atoms with Gasteiger partial charge in [-0.3, -0.25) is 32.5 Å². The Morgan fingerprint density at radius 1 is 0.337 bits per heavy atom. The van der Waals surface area contributed by atoms with E-state index in [9.17, 15) is 43.5 Å². The molecule has 0 radical (unpaired) electrons. The van der Waals surface area contributed by atoms with E-state index in [0.717, 1.165) is 96.3 Å². The molecule has 488 valence electrons. The number of allylic oxidation sites excluding steroid dienone is 6. The lowest BCUT2D eigenvalue weighted by atomic mass is 10.0. The number of hydrogen-bond acceptors (Lipinski definition) is 14. The van der Waals surface area contributed by atoms with Crippen molar-refractivity contribution in [2.45, 2.75) is 322 Å². The normalized spacial score (nSPS) is 14.5. The quantitative estimate of drug-likeness (QED) is 0.0146. The van der Waals surface area contributed by atoms with Crippen molar-refractivity contribution in [3.05, 3.63) is 36.5 Å². The number of unbranched alkanes of at least 4 members (excludes halogenated alkanes) is 35. The molecular formula is C65H122O16P2. The Bertz CT molecular complexity index is 1680. The summed E-state index contributed by atoms with van der Waals surface area (Å²) in [6.45, 7) is 2.67. The summed E-state index contributed by atoms with van der Waals surface area (Å²) >= 11 is 0. The molecule has 0 bridgehead atoms. The Kier molecular flexibility index (Phi) is 58.5. The standard InChI is InChI=1S/C65H122O16P2/c1-4-7-10-13-16-19-22-25-27-28-29-30-32-35-36-39-42-45-48-51-63(68)75-54-60(66)55-77-82(71,72)78-56-61(67)57-79-83(73,74)80-59-62(81-65(70)53-50-47-44-41-38-33-24-21-18-15-12-9-6-3)58-76-64(69)52-49-46-43-40-37-34-31-26-23-20-17-14-11-8-5-2/h16,19,25,27,29-30,60-62,66-67H,4-15,17-18,20-24,26,28,31-59H2,1-3H3,(H,71,72)(H,73,74)/b19-16-,27-25-,30-29-. The van der Waals surface area contributed by atoms with Crippen LogP contribution in [0, 0.1) is 0 Å². The first kappa shape index (κ1) is 80.8. The van der Waals surface area contributed by atoms with E-state index in [-0.39, 0.29) is 19.3 Å². The third-order valence-electron chi connectivity index (χ3n) is 14.4. The Labute approximate surface area is 505 Å². The highest BCUT2D eigenvalue weighted by Gasteiger charge is 2.29. The van der Waals surface area contributed by atoms with Gasteiger partial charge < -0.3 is 34.2 Å². The zero-order valence-electron chi connectivity index (χ0n) is 52.6. The number of rotatable bonds is 64. The van der Waals surface area contributed by atoms with Crippen LogP contribution in [-0.2, 0) is 55.8 Å². The molecular weight excluding hydrogens is 1100 g/mol. The van der Waals surface area contributed by atoms with Gasteiger partial charge in [0.2, 0.25) is 0 Å². The topological polar surface area (TPSA) is 231 Å². The fraction of sp³-hybridized carbons (Fsp3) is 0.862. The third-order valence-corrected chi connectivity index (χ3v) is 16.3. The Hall–Kier alpha value is -2.23. The van der Waals surface area contributed by atoms with Gasteiger partial charge in [0.1, 0.15) is 25.4 Å². The number of phosphoric ester groups is 2. The summed E-state index contributed by atoms with van der Waals surface area (Å²) in [5.41, 5.74) is 0. The third kappa shape index (κ3) is 61.2. The fourth-order valence-corrected chi connectivity index (χ4v) is 10.8. The van der Waals surface area contributed by atoms with Crippen molar-refractivity contribution in [3.8, 4) is 0 Å². The largest absolute Gasteiger partial charge is 0.472 e. The van der Waals surface area contributed by atoms with E-state index in [1.54, 1.807) is 0 Å². The van der Waals surface area contributed by atoms with Crippen LogP contribution < -0.4 is 0 Å². The second-order valence-electron chi connectivity index (χ2n) is 22.6. The van der Waals surface area contributed by atoms with E-state index in [1.165, 1.54) is 148 Å². The first-order valence-corrected chi connectivity index (χ1v) is 36.3. The summed E-state index contributed by atoms with van der Waals surface area (Å²) < 4.78 is 60.8. The second kappa shape index (κ2) is 60.1. The van der Waals surface area contributed by atoms with Crippen LogP contribution >= 0.6 is 15.6 Å². The highest BCUT2D eigenvalue weighted by atomic mass is 31.2. The van der Waals surface area contributed by atoms with Crippen LogP contribution in [0.4, 0.5) is 0 Å². The maximum atomic E-state index is 12.9. The number of ether oxygens (including phenoxy) is 3. The Balaban J connectivity index is 4.60. The first-order valence-electron chi connectivity index (χ1n) is 33.3. The average Bonchev–Trinajstić information content (AvgIpc) is 3.46. The van der Waals surface area contributed by atoms with Gasteiger partial charge in [-0.1, -0.05) is 263 Å². The zero-order chi connectivity index (χ0) is 61.0. The smallest absolute Gasteiger partial charge is 0.463 e. The molecule has 0 aliphatic rings. The summed E-state index contributed by atoms with van der Waals surface area (Å²) in [4.78, 5) is 58.2. The lowest BCUT2D eigenvalue weighted by molar-refractivity contribution is -0.161. The molecule has 0 rings (SSSR count). The predicted molar refractivity (Wildman–Crippen MR) is 335 cm³/mol. The monoisotopic (exact) mass is 1220 g/mol. The maximum Gasteiger partial charge on any atom is 0.472 e. The van der Waals surface area contributed by atoms with Crippen molar-refractivity contribution in [3.63, 3.8) is 0 Å². The average molecular weight is 1220 g/mol. The van der Waals surface area contributed by atoms with E-state index in [4.69, 9.17) is 32.3 Å². The molecule has 0 aromatic heterocycles. The van der Waals surface area contributed by atoms with E-state index < -0.39 is 91.5 Å². The van der Waals surface area contributed by atoms with Crippen LogP contribution in [0.5, 0.6) is 0 Å². The lowest BCUT2D eigenvalue weighted by Gasteiger charge is -2.21. The van der Waals surface area contributed by atoms with Crippen LogP contribution in [-0.4, -0.2) is 95.9 Å². The molecule has 0 heterocycles. The van der Waals surface area contributed by atoms with E-state index in [0.29, 0.717) is 19.3 Å². The first-order chi connectivity index (χ1) is 40.2. The molecule has 0 aliphatic heterocycles. The van der Waals surface area contributed by atoms with Gasteiger partial charge in [-0.2, -0.15) is 0 Å². The summed E-state index contributed by atoms with van der Waals surface area (Å²) in [7, 11) is -9.75. The summed E-state index contributed by atoms with van der Waals surface area (Å²) in [5.74, 6) is -1.56. The van der Waals surface area contributed by atoms with Crippen LogP contribution in [0.1, 0.15) is 303 Å². The van der Waals surface area contributed by atoms with Crippen LogP contribution in [0.15, 0.2) is 36.5 Å². The lowest BCUT2D eigenvalue weighted by Crippen LogP contribution is -2.30. The van der Waals surface area contributed by atoms with Gasteiger partial charge in [0.15, 0.2) is 6.10 Å². The second-order valence-corrected chi connectivity index (χ2v) is 25.5. The number of hydrogen-bond donors (Lipinski definition) is 4. The molecule has 18 heteroatoms. The molecule has 0 fully saturated rings. The van der Waals surface area contributed by atoms with Crippen molar-refractivity contribution in [2.75, 3.05) is 39.6 Å². The molecule has 4 N–H and O–H groups in total. The SMILES string of the molecule is CCCCC/C=C\C/C=C\C/C=C\CCCCCCCCC(=O)OCC(O)COP(=O)(O)OCC(O)COP(=O)(O)OCC(COC(=O)CCCCCCCCCCCCCCCCC)OC(=O)CCCCCCCCCCCCCCC. The summed E-state index contributed by atoms with van der Waals surface area (Å²) in [5, 5.41) is 20.5. The van der Waals surface area contributed by atoms with Crippen molar-refractivity contribution < 1.29 is 75.8 Å². The van der Waals surface area contributed by atoms with Crippen molar-refractivity contribution >= 4 is 33.6 Å². The van der Waals surface area contributed by atoms with Gasteiger partial charge in [0.05, 0.1) is 26.4 Å². The van der Waals surface area contributed by atoms with Crippen molar-refractivity contribution in [1.82, 2.24) is 0 Å². The van der Waals surface area contributed by atoms with Crippen molar-refractivity contribution in [2.24, 2.45) is 0 Å². The van der Waals surface area contributed by atoms with Crippen LogP contribution in [0.3, 0.4) is 0 Å². The van der Waals surface area contributed by atoms with Crippen LogP contribution in [0.25, 0.3) is 0 Å². The highest BCUT2D eigenvalue weighted by Crippen LogP contribution is 2.45. The van der Waals surface area contributed by atoms with Gasteiger partial charge in [-0.25, -0.2) is 9.13 Å². The minimum Gasteiger partial charge on any atom is -0.463 e. The van der Waals surface area contributed by atoms with E-state index in [1.807, 2.05) is 0 Å². The van der Waals surface area contributed by atoms with Gasteiger partial charge in [-0.05, 0) is 57.8 Å². The van der Waals surface area contributed by atoms with Gasteiger partial charge in [0.25, 0.3) is 0 Å². The molecule has 0 amide bonds. The van der Waals surface area contributed by atoms with Crippen molar-refractivity contribution in [1.29, 1.82) is 0 Å². The molecule has 0 saturated carbocycles.